The van der Waals surface area contributed by atoms with Crippen LogP contribution in [0.15, 0.2) is 35.5 Å². The number of aryl methyl sites for hydroxylation is 1. The maximum Gasteiger partial charge on any atom is 0.282 e. The summed E-state index contributed by atoms with van der Waals surface area (Å²) in [5.41, 5.74) is 0.201. The molecule has 1 saturated carbocycles. The van der Waals surface area contributed by atoms with Crippen LogP contribution in [0.1, 0.15) is 41.7 Å². The maximum atomic E-state index is 12.1. The zero-order chi connectivity index (χ0) is 20.6. The molecule has 150 valence electrons. The van der Waals surface area contributed by atoms with Crippen molar-refractivity contribution in [2.45, 2.75) is 44.7 Å². The van der Waals surface area contributed by atoms with Crippen molar-refractivity contribution in [3.63, 3.8) is 0 Å². The fraction of sp³-hybridized carbons (Fsp3) is 0.350. The Labute approximate surface area is 166 Å². The number of hydrogen-bond acceptors (Lipinski definition) is 6. The average molecular weight is 395 g/mol. The van der Waals surface area contributed by atoms with Crippen LogP contribution in [0, 0.1) is 6.92 Å². The molecule has 0 spiro atoms. The highest BCUT2D eigenvalue weighted by Crippen LogP contribution is 2.40. The summed E-state index contributed by atoms with van der Waals surface area (Å²) in [5.74, 6) is -1.53. The Kier molecular flexibility index (Phi) is 4.65. The molecule has 3 heterocycles. The third kappa shape index (κ3) is 3.18. The van der Waals surface area contributed by atoms with Gasteiger partial charge in [0.25, 0.3) is 11.3 Å². The SMILES string of the molecule is Cc1cn(C2(Cn3cc(O)c(=O)c(C(=O)NC=O)n3)CCCC2)c2ncccc12. The highest BCUT2D eigenvalue weighted by Gasteiger charge is 2.38. The van der Waals surface area contributed by atoms with Crippen LogP contribution >= 0.6 is 0 Å². The Morgan fingerprint density at radius 3 is 2.83 bits per heavy atom. The number of nitrogens with one attached hydrogen (secondary N) is 1. The first-order valence-corrected chi connectivity index (χ1v) is 9.43. The average Bonchev–Trinajstić information content (AvgIpc) is 3.30. The molecule has 3 aromatic rings. The van der Waals surface area contributed by atoms with E-state index in [9.17, 15) is 19.5 Å². The second kappa shape index (κ2) is 7.16. The second-order valence-corrected chi connectivity index (χ2v) is 7.47. The molecule has 29 heavy (non-hydrogen) atoms. The second-order valence-electron chi connectivity index (χ2n) is 7.47. The van der Waals surface area contributed by atoms with Crippen LogP contribution in [0.25, 0.3) is 11.0 Å². The molecular formula is C20H21N5O4. The lowest BCUT2D eigenvalue weighted by Gasteiger charge is -2.32. The van der Waals surface area contributed by atoms with E-state index in [0.29, 0.717) is 6.54 Å². The molecule has 0 unspecified atom stereocenters. The first kappa shape index (κ1) is 18.9. The molecule has 0 aliphatic heterocycles. The third-order valence-corrected chi connectivity index (χ3v) is 5.62. The van der Waals surface area contributed by atoms with Crippen LogP contribution in [-0.4, -0.2) is 36.8 Å². The van der Waals surface area contributed by atoms with Gasteiger partial charge in [0.05, 0.1) is 18.3 Å². The Hall–Kier alpha value is -3.49. The van der Waals surface area contributed by atoms with E-state index in [2.05, 4.69) is 20.8 Å². The number of nitrogens with zero attached hydrogens (tertiary/aromatic N) is 4. The van der Waals surface area contributed by atoms with E-state index >= 15 is 0 Å². The Bertz CT molecular complexity index is 1160. The van der Waals surface area contributed by atoms with Crippen molar-refractivity contribution in [1.29, 1.82) is 0 Å². The van der Waals surface area contributed by atoms with Gasteiger partial charge in [0.15, 0.2) is 11.4 Å². The highest BCUT2D eigenvalue weighted by atomic mass is 16.3. The van der Waals surface area contributed by atoms with Crippen LogP contribution in [0.5, 0.6) is 5.75 Å². The lowest BCUT2D eigenvalue weighted by Crippen LogP contribution is -2.37. The minimum absolute atomic E-state index is 0.177. The smallest absolute Gasteiger partial charge is 0.282 e. The fourth-order valence-corrected chi connectivity index (χ4v) is 4.27. The van der Waals surface area contributed by atoms with E-state index in [1.165, 1.54) is 10.9 Å². The molecule has 0 radical (unpaired) electrons. The zero-order valence-corrected chi connectivity index (χ0v) is 16.0. The normalized spacial score (nSPS) is 15.5. The van der Waals surface area contributed by atoms with Gasteiger partial charge in [0.2, 0.25) is 6.41 Å². The first-order chi connectivity index (χ1) is 13.9. The predicted octanol–water partition coefficient (Wildman–Crippen LogP) is 1.46. The number of fused-ring (bicyclic) bond motifs is 1. The minimum atomic E-state index is -0.945. The van der Waals surface area contributed by atoms with Crippen LogP contribution in [-0.2, 0) is 16.9 Å². The number of carbonyl (C=O) groups excluding carboxylic acids is 2. The molecule has 9 nitrogen and oxygen atoms in total. The number of rotatable bonds is 5. The Morgan fingerprint density at radius 2 is 2.10 bits per heavy atom. The molecule has 0 bridgehead atoms. The molecule has 4 rings (SSSR count). The lowest BCUT2D eigenvalue weighted by molar-refractivity contribution is -0.108. The molecule has 0 aromatic carbocycles. The van der Waals surface area contributed by atoms with Crippen molar-refractivity contribution >= 4 is 23.4 Å². The van der Waals surface area contributed by atoms with Gasteiger partial charge in [-0.15, -0.1) is 0 Å². The Balaban J connectivity index is 1.81. The van der Waals surface area contributed by atoms with Gasteiger partial charge in [-0.05, 0) is 37.5 Å². The monoisotopic (exact) mass is 395 g/mol. The number of aromatic hydroxyl groups is 1. The molecule has 1 aliphatic rings. The first-order valence-electron chi connectivity index (χ1n) is 9.43. The maximum absolute atomic E-state index is 12.1. The van der Waals surface area contributed by atoms with Gasteiger partial charge in [-0.3, -0.25) is 24.4 Å². The third-order valence-electron chi connectivity index (χ3n) is 5.62. The summed E-state index contributed by atoms with van der Waals surface area (Å²) in [4.78, 5) is 39.2. The van der Waals surface area contributed by atoms with Crippen molar-refractivity contribution < 1.29 is 14.7 Å². The molecule has 1 aliphatic carbocycles. The van der Waals surface area contributed by atoms with E-state index < -0.39 is 22.8 Å². The van der Waals surface area contributed by atoms with Crippen molar-refractivity contribution in [2.24, 2.45) is 0 Å². The topological polar surface area (TPSA) is 119 Å². The molecular weight excluding hydrogens is 374 g/mol. The van der Waals surface area contributed by atoms with Crippen molar-refractivity contribution in [3.05, 3.63) is 52.2 Å². The Morgan fingerprint density at radius 1 is 1.34 bits per heavy atom. The fourth-order valence-electron chi connectivity index (χ4n) is 4.27. The number of carbonyl (C=O) groups is 2. The molecule has 9 heteroatoms. The minimum Gasteiger partial charge on any atom is -0.503 e. The van der Waals surface area contributed by atoms with Crippen molar-refractivity contribution in [2.75, 3.05) is 0 Å². The van der Waals surface area contributed by atoms with Crippen molar-refractivity contribution in [1.82, 2.24) is 24.6 Å². The number of amides is 2. The largest absolute Gasteiger partial charge is 0.503 e. The molecule has 0 atom stereocenters. The number of pyridine rings is 1. The molecule has 3 aromatic heterocycles. The van der Waals surface area contributed by atoms with Gasteiger partial charge in [0.1, 0.15) is 5.65 Å². The molecule has 0 saturated heterocycles. The molecule has 1 fully saturated rings. The van der Waals surface area contributed by atoms with E-state index in [0.717, 1.165) is 42.3 Å². The molecule has 2 amide bonds. The summed E-state index contributed by atoms with van der Waals surface area (Å²) < 4.78 is 3.57. The summed E-state index contributed by atoms with van der Waals surface area (Å²) in [6.45, 7) is 2.39. The van der Waals surface area contributed by atoms with Gasteiger partial charge in [0, 0.05) is 17.8 Å². The zero-order valence-electron chi connectivity index (χ0n) is 16.0. The van der Waals surface area contributed by atoms with E-state index in [1.807, 2.05) is 24.4 Å². The van der Waals surface area contributed by atoms with E-state index in [4.69, 9.17) is 0 Å². The molecule has 2 N–H and O–H groups in total. The van der Waals surface area contributed by atoms with Crippen molar-refractivity contribution in [3.8, 4) is 5.75 Å². The predicted molar refractivity (Wildman–Crippen MR) is 105 cm³/mol. The van der Waals surface area contributed by atoms with Crippen LogP contribution in [0.4, 0.5) is 0 Å². The lowest BCUT2D eigenvalue weighted by atomic mass is 9.97. The number of imide groups is 1. The summed E-state index contributed by atoms with van der Waals surface area (Å²) in [7, 11) is 0. The highest BCUT2D eigenvalue weighted by molar-refractivity contribution is 5.98. The number of hydrogen-bond donors (Lipinski definition) is 2. The summed E-state index contributed by atoms with van der Waals surface area (Å²) in [6, 6.07) is 3.93. The van der Waals surface area contributed by atoms with Gasteiger partial charge in [-0.25, -0.2) is 4.98 Å². The van der Waals surface area contributed by atoms with Gasteiger partial charge >= 0.3 is 0 Å². The van der Waals surface area contributed by atoms with Gasteiger partial charge in [-0.1, -0.05) is 12.8 Å². The summed E-state index contributed by atoms with van der Waals surface area (Å²) in [6.07, 6.45) is 9.03. The summed E-state index contributed by atoms with van der Waals surface area (Å²) in [5, 5.41) is 17.1. The number of aromatic nitrogens is 4. The standard InChI is InChI=1S/C20H21N5O4/c1-13-9-25(18-14(13)5-4-8-21-18)20(6-2-3-7-20)11-24-10-15(27)17(28)16(23-24)19(29)22-12-26/h4-5,8-10,12,27H,2-3,6-7,11H2,1H3,(H,22,26,29). The van der Waals surface area contributed by atoms with Crippen LogP contribution < -0.4 is 10.7 Å². The van der Waals surface area contributed by atoms with E-state index in [1.54, 1.807) is 6.20 Å². The van der Waals surface area contributed by atoms with Gasteiger partial charge in [-0.2, -0.15) is 5.10 Å². The van der Waals surface area contributed by atoms with E-state index in [-0.39, 0.29) is 11.9 Å². The van der Waals surface area contributed by atoms with Crippen LogP contribution in [0.2, 0.25) is 0 Å². The van der Waals surface area contributed by atoms with Gasteiger partial charge < -0.3 is 9.67 Å². The van der Waals surface area contributed by atoms with Crippen LogP contribution in [0.3, 0.4) is 0 Å². The quantitative estimate of drug-likeness (QED) is 0.632. The summed E-state index contributed by atoms with van der Waals surface area (Å²) >= 11 is 0.